The fraction of sp³-hybridized carbons (Fsp3) is 0.429. The van der Waals surface area contributed by atoms with Crippen LogP contribution in [-0.2, 0) is 16.0 Å². The fourth-order valence-electron chi connectivity index (χ4n) is 2.40. The van der Waals surface area contributed by atoms with Crippen LogP contribution in [0.3, 0.4) is 0 Å². The minimum Gasteiger partial charge on any atom is -0.399 e. The van der Waals surface area contributed by atoms with Crippen molar-refractivity contribution in [3.05, 3.63) is 23.8 Å². The van der Waals surface area contributed by atoms with E-state index in [4.69, 9.17) is 5.73 Å². The number of carbonyl (C=O) groups excluding carboxylic acids is 2. The van der Waals surface area contributed by atoms with E-state index in [2.05, 4.69) is 5.32 Å². The Bertz CT molecular complexity index is 537. The van der Waals surface area contributed by atoms with E-state index in [1.165, 1.54) is 0 Å². The standard InChI is InChI=1S/C14H17N3O2/c15-10-2-5-12-9(7-10)1-6-14(19)17(12)8-13(18)16-11-3-4-11/h2,5,7,11H,1,3-4,6,8,15H2,(H,16,18). The van der Waals surface area contributed by atoms with Crippen LogP contribution in [0.5, 0.6) is 0 Å². The van der Waals surface area contributed by atoms with E-state index in [-0.39, 0.29) is 18.4 Å². The summed E-state index contributed by atoms with van der Waals surface area (Å²) in [4.78, 5) is 25.4. The van der Waals surface area contributed by atoms with Crippen LogP contribution < -0.4 is 16.0 Å². The van der Waals surface area contributed by atoms with Crippen molar-refractivity contribution in [1.29, 1.82) is 0 Å². The van der Waals surface area contributed by atoms with Gasteiger partial charge in [-0.25, -0.2) is 0 Å². The monoisotopic (exact) mass is 259 g/mol. The van der Waals surface area contributed by atoms with Gasteiger partial charge in [-0.2, -0.15) is 0 Å². The number of carbonyl (C=O) groups is 2. The fourth-order valence-corrected chi connectivity index (χ4v) is 2.40. The first-order valence-electron chi connectivity index (χ1n) is 6.61. The van der Waals surface area contributed by atoms with Gasteiger partial charge in [0.25, 0.3) is 0 Å². The van der Waals surface area contributed by atoms with Crippen LogP contribution in [0.1, 0.15) is 24.8 Å². The minimum atomic E-state index is -0.0828. The largest absolute Gasteiger partial charge is 0.399 e. The molecule has 0 atom stereocenters. The van der Waals surface area contributed by atoms with E-state index < -0.39 is 0 Å². The predicted octanol–water partition coefficient (Wildman–Crippen LogP) is 0.827. The third kappa shape index (κ3) is 2.54. The summed E-state index contributed by atoms with van der Waals surface area (Å²) in [6.07, 6.45) is 3.23. The zero-order valence-electron chi connectivity index (χ0n) is 10.7. The maximum atomic E-state index is 12.0. The molecule has 1 aliphatic carbocycles. The van der Waals surface area contributed by atoms with Crippen LogP contribution in [0.15, 0.2) is 18.2 Å². The summed E-state index contributed by atoms with van der Waals surface area (Å²) in [5.41, 5.74) is 8.30. The van der Waals surface area contributed by atoms with Crippen LogP contribution in [0.25, 0.3) is 0 Å². The number of anilines is 2. The van der Waals surface area contributed by atoms with Crippen LogP contribution in [0.4, 0.5) is 11.4 Å². The second kappa shape index (κ2) is 4.57. The second-order valence-corrected chi connectivity index (χ2v) is 5.21. The summed E-state index contributed by atoms with van der Waals surface area (Å²) >= 11 is 0. The molecule has 0 saturated heterocycles. The van der Waals surface area contributed by atoms with Gasteiger partial charge in [-0.15, -0.1) is 0 Å². The van der Waals surface area contributed by atoms with Gasteiger partial charge in [0.1, 0.15) is 6.54 Å². The number of benzene rings is 1. The second-order valence-electron chi connectivity index (χ2n) is 5.21. The molecule has 1 fully saturated rings. The lowest BCUT2D eigenvalue weighted by Gasteiger charge is -2.29. The first kappa shape index (κ1) is 12.0. The number of nitrogens with one attached hydrogen (secondary N) is 1. The summed E-state index contributed by atoms with van der Waals surface area (Å²) in [6, 6.07) is 5.79. The quantitative estimate of drug-likeness (QED) is 0.789. The van der Waals surface area contributed by atoms with Crippen molar-refractivity contribution < 1.29 is 9.59 Å². The first-order chi connectivity index (χ1) is 9.13. The lowest BCUT2D eigenvalue weighted by Crippen LogP contribution is -2.43. The van der Waals surface area contributed by atoms with Gasteiger partial charge in [0, 0.05) is 23.8 Å². The van der Waals surface area contributed by atoms with Crippen molar-refractivity contribution in [1.82, 2.24) is 5.32 Å². The summed E-state index contributed by atoms with van der Waals surface area (Å²) in [6.45, 7) is 0.103. The number of nitrogens with zero attached hydrogens (tertiary/aromatic N) is 1. The summed E-state index contributed by atoms with van der Waals surface area (Å²) in [7, 11) is 0. The molecule has 19 heavy (non-hydrogen) atoms. The average molecular weight is 259 g/mol. The Hall–Kier alpha value is -2.04. The van der Waals surface area contributed by atoms with E-state index in [1.807, 2.05) is 12.1 Å². The molecule has 1 heterocycles. The number of hydrogen-bond donors (Lipinski definition) is 2. The van der Waals surface area contributed by atoms with Gasteiger partial charge < -0.3 is 16.0 Å². The molecular formula is C14H17N3O2. The highest BCUT2D eigenvalue weighted by Crippen LogP contribution is 2.29. The third-order valence-electron chi connectivity index (χ3n) is 3.55. The first-order valence-corrected chi connectivity index (χ1v) is 6.61. The van der Waals surface area contributed by atoms with Crippen LogP contribution in [-0.4, -0.2) is 24.4 Å². The lowest BCUT2D eigenvalue weighted by molar-refractivity contribution is -0.124. The molecule has 1 aliphatic heterocycles. The van der Waals surface area contributed by atoms with Gasteiger partial charge >= 0.3 is 0 Å². The van der Waals surface area contributed by atoms with E-state index in [1.54, 1.807) is 11.0 Å². The highest BCUT2D eigenvalue weighted by molar-refractivity contribution is 6.01. The van der Waals surface area contributed by atoms with E-state index in [0.717, 1.165) is 24.1 Å². The van der Waals surface area contributed by atoms with Gasteiger partial charge in [0.15, 0.2) is 0 Å². The van der Waals surface area contributed by atoms with E-state index >= 15 is 0 Å². The number of fused-ring (bicyclic) bond motifs is 1. The average Bonchev–Trinajstić information content (AvgIpc) is 3.16. The SMILES string of the molecule is Nc1ccc2c(c1)CCC(=O)N2CC(=O)NC1CC1. The molecular weight excluding hydrogens is 242 g/mol. The molecule has 0 spiro atoms. The Morgan fingerprint density at radius 1 is 1.37 bits per heavy atom. The van der Waals surface area contributed by atoms with Gasteiger partial charge in [0.05, 0.1) is 0 Å². The molecule has 2 aliphatic rings. The maximum Gasteiger partial charge on any atom is 0.240 e. The van der Waals surface area contributed by atoms with Crippen LogP contribution in [0, 0.1) is 0 Å². The predicted molar refractivity (Wildman–Crippen MR) is 72.7 cm³/mol. The van der Waals surface area contributed by atoms with Crippen molar-refractivity contribution in [2.24, 2.45) is 0 Å². The van der Waals surface area contributed by atoms with Gasteiger partial charge in [-0.3, -0.25) is 9.59 Å². The summed E-state index contributed by atoms with van der Waals surface area (Å²) in [5, 5.41) is 2.91. The third-order valence-corrected chi connectivity index (χ3v) is 3.55. The summed E-state index contributed by atoms with van der Waals surface area (Å²) in [5.74, 6) is -0.0799. The van der Waals surface area contributed by atoms with Crippen LogP contribution >= 0.6 is 0 Å². The highest BCUT2D eigenvalue weighted by Gasteiger charge is 2.28. The molecule has 1 saturated carbocycles. The minimum absolute atomic E-state index is 0.00298. The Labute approximate surface area is 111 Å². The molecule has 0 bridgehead atoms. The number of amides is 2. The number of aryl methyl sites for hydroxylation is 1. The summed E-state index contributed by atoms with van der Waals surface area (Å²) < 4.78 is 0. The van der Waals surface area contributed by atoms with Crippen molar-refractivity contribution in [2.75, 3.05) is 17.2 Å². The topological polar surface area (TPSA) is 75.4 Å². The van der Waals surface area contributed by atoms with E-state index in [9.17, 15) is 9.59 Å². The van der Waals surface area contributed by atoms with Gasteiger partial charge in [0.2, 0.25) is 11.8 Å². The number of hydrogen-bond acceptors (Lipinski definition) is 3. The van der Waals surface area contributed by atoms with Crippen molar-refractivity contribution >= 4 is 23.2 Å². The smallest absolute Gasteiger partial charge is 0.240 e. The maximum absolute atomic E-state index is 12.0. The molecule has 5 heteroatoms. The number of nitrogen functional groups attached to an aromatic ring is 1. The molecule has 100 valence electrons. The molecule has 5 nitrogen and oxygen atoms in total. The molecule has 3 rings (SSSR count). The number of rotatable bonds is 3. The Kier molecular flexibility index (Phi) is 2.89. The zero-order valence-corrected chi connectivity index (χ0v) is 10.7. The molecule has 0 unspecified atom stereocenters. The van der Waals surface area contributed by atoms with Crippen molar-refractivity contribution in [3.63, 3.8) is 0 Å². The molecule has 0 aromatic heterocycles. The number of nitrogens with two attached hydrogens (primary N) is 1. The molecule has 1 aromatic rings. The molecule has 3 N–H and O–H groups in total. The van der Waals surface area contributed by atoms with Gasteiger partial charge in [-0.1, -0.05) is 0 Å². The lowest BCUT2D eigenvalue weighted by atomic mass is 10.0. The zero-order chi connectivity index (χ0) is 13.4. The molecule has 1 aromatic carbocycles. The Balaban J connectivity index is 1.79. The highest BCUT2D eigenvalue weighted by atomic mass is 16.2. The molecule has 0 radical (unpaired) electrons. The molecule has 2 amide bonds. The van der Waals surface area contributed by atoms with Crippen LogP contribution in [0.2, 0.25) is 0 Å². The van der Waals surface area contributed by atoms with Crippen molar-refractivity contribution in [2.45, 2.75) is 31.7 Å². The van der Waals surface area contributed by atoms with Gasteiger partial charge in [-0.05, 0) is 43.0 Å². The van der Waals surface area contributed by atoms with Crippen molar-refractivity contribution in [3.8, 4) is 0 Å². The Morgan fingerprint density at radius 3 is 2.89 bits per heavy atom. The Morgan fingerprint density at radius 2 is 2.16 bits per heavy atom. The van der Waals surface area contributed by atoms with E-state index in [0.29, 0.717) is 24.6 Å². The normalized spacial score (nSPS) is 18.1.